The van der Waals surface area contributed by atoms with E-state index in [9.17, 15) is 18.3 Å². The number of aliphatic hydroxyl groups is 1. The van der Waals surface area contributed by atoms with Crippen LogP contribution in [-0.2, 0) is 6.18 Å². The molecule has 0 aliphatic carbocycles. The average molecular weight is 303 g/mol. The lowest BCUT2D eigenvalue weighted by atomic mass is 9.97. The van der Waals surface area contributed by atoms with E-state index < -0.39 is 17.8 Å². The lowest BCUT2D eigenvalue weighted by Gasteiger charge is -2.38. The number of aromatic nitrogens is 1. The Bertz CT molecular complexity index is 481. The summed E-state index contributed by atoms with van der Waals surface area (Å²) in [5.74, 6) is 0. The molecule has 0 radical (unpaired) electrons. The average Bonchev–Trinajstić information content (AvgIpc) is 2.42. The fraction of sp³-hybridized carbons (Fsp3) is 0.643. The molecule has 0 bridgehead atoms. The van der Waals surface area contributed by atoms with E-state index in [1.165, 1.54) is 0 Å². The Morgan fingerprint density at radius 2 is 2.10 bits per heavy atom. The fourth-order valence-electron chi connectivity index (χ4n) is 2.67. The smallest absolute Gasteiger partial charge is 0.388 e. The summed E-state index contributed by atoms with van der Waals surface area (Å²) < 4.78 is 38.9. The number of halogens is 3. The summed E-state index contributed by atoms with van der Waals surface area (Å²) in [6.07, 6.45) is -3.18. The summed E-state index contributed by atoms with van der Waals surface area (Å²) in [5.41, 5.74) is -0.955. The van der Waals surface area contributed by atoms with Crippen LogP contribution in [0.4, 0.5) is 13.2 Å². The number of pyridine rings is 1. The van der Waals surface area contributed by atoms with E-state index in [2.05, 4.69) is 14.8 Å². The molecule has 2 heterocycles. The molecule has 0 aromatic carbocycles. The van der Waals surface area contributed by atoms with Gasteiger partial charge in [0.25, 0.3) is 0 Å². The lowest BCUT2D eigenvalue weighted by Crippen LogP contribution is -2.50. The van der Waals surface area contributed by atoms with Gasteiger partial charge < -0.3 is 14.9 Å². The molecule has 2 atom stereocenters. The zero-order valence-corrected chi connectivity index (χ0v) is 12.1. The zero-order valence-electron chi connectivity index (χ0n) is 12.1. The van der Waals surface area contributed by atoms with Gasteiger partial charge >= 0.3 is 6.18 Å². The van der Waals surface area contributed by atoms with Crippen LogP contribution in [0.3, 0.4) is 0 Å². The summed E-state index contributed by atoms with van der Waals surface area (Å²) in [5, 5.41) is 10.2. The first kappa shape index (κ1) is 16.2. The van der Waals surface area contributed by atoms with E-state index in [-0.39, 0.29) is 18.0 Å². The van der Waals surface area contributed by atoms with Crippen LogP contribution in [0, 0.1) is 0 Å². The van der Waals surface area contributed by atoms with Crippen molar-refractivity contribution in [2.75, 3.05) is 33.7 Å². The molecule has 1 aromatic heterocycles. The van der Waals surface area contributed by atoms with E-state index >= 15 is 0 Å². The van der Waals surface area contributed by atoms with E-state index in [0.29, 0.717) is 0 Å². The van der Waals surface area contributed by atoms with Gasteiger partial charge in [-0.25, -0.2) is 0 Å². The lowest BCUT2D eigenvalue weighted by molar-refractivity contribution is -0.139. The molecule has 1 aliphatic heterocycles. The zero-order chi connectivity index (χ0) is 15.6. The van der Waals surface area contributed by atoms with Crippen LogP contribution in [0.25, 0.3) is 0 Å². The number of nitrogens with zero attached hydrogens (tertiary/aromatic N) is 3. The van der Waals surface area contributed by atoms with Gasteiger partial charge in [-0.3, -0.25) is 4.98 Å². The molecule has 1 aliphatic rings. The molecule has 1 fully saturated rings. The number of hydrogen-bond acceptors (Lipinski definition) is 4. The standard InChI is InChI=1S/C14H20F3N3O/c1-19-5-6-20(2)10(9-19)7-13(21)11-8-18-4-3-12(11)14(15,16)17/h3-4,8,10,13,21H,5-7,9H2,1-2H3. The molecule has 7 heteroatoms. The maximum Gasteiger partial charge on any atom is 0.416 e. The molecule has 118 valence electrons. The van der Waals surface area contributed by atoms with E-state index in [0.717, 1.165) is 38.1 Å². The van der Waals surface area contributed by atoms with Crippen molar-refractivity contribution < 1.29 is 18.3 Å². The van der Waals surface area contributed by atoms with Crippen molar-refractivity contribution in [3.8, 4) is 0 Å². The quantitative estimate of drug-likeness (QED) is 0.924. The minimum Gasteiger partial charge on any atom is -0.388 e. The first-order chi connectivity index (χ1) is 9.79. The molecule has 2 unspecified atom stereocenters. The number of alkyl halides is 3. The van der Waals surface area contributed by atoms with Gasteiger partial charge in [-0.05, 0) is 26.6 Å². The first-order valence-corrected chi connectivity index (χ1v) is 6.87. The Morgan fingerprint density at radius 3 is 2.76 bits per heavy atom. The molecule has 1 aromatic rings. The Labute approximate surface area is 122 Å². The van der Waals surface area contributed by atoms with Crippen LogP contribution in [0.5, 0.6) is 0 Å². The summed E-state index contributed by atoms with van der Waals surface area (Å²) in [6.45, 7) is 2.49. The Morgan fingerprint density at radius 1 is 1.38 bits per heavy atom. The predicted molar refractivity (Wildman–Crippen MR) is 72.7 cm³/mol. The number of rotatable bonds is 3. The van der Waals surface area contributed by atoms with Gasteiger partial charge in [0.05, 0.1) is 11.7 Å². The molecule has 1 saturated heterocycles. The Hall–Kier alpha value is -1.18. The molecular weight excluding hydrogens is 283 g/mol. The third-order valence-corrected chi connectivity index (χ3v) is 3.99. The van der Waals surface area contributed by atoms with Gasteiger partial charge in [-0.15, -0.1) is 0 Å². The van der Waals surface area contributed by atoms with Gasteiger partial charge in [0, 0.05) is 43.6 Å². The molecule has 4 nitrogen and oxygen atoms in total. The van der Waals surface area contributed by atoms with Gasteiger partial charge in [-0.1, -0.05) is 0 Å². The van der Waals surface area contributed by atoms with Crippen LogP contribution < -0.4 is 0 Å². The number of aliphatic hydroxyl groups excluding tert-OH is 1. The van der Waals surface area contributed by atoms with Crippen LogP contribution >= 0.6 is 0 Å². The second-order valence-electron chi connectivity index (χ2n) is 5.61. The summed E-state index contributed by atoms with van der Waals surface area (Å²) >= 11 is 0. The summed E-state index contributed by atoms with van der Waals surface area (Å²) in [7, 11) is 3.90. The monoisotopic (exact) mass is 303 g/mol. The molecule has 2 rings (SSSR count). The minimum atomic E-state index is -4.48. The highest BCUT2D eigenvalue weighted by Crippen LogP contribution is 2.35. The van der Waals surface area contributed by atoms with Crippen molar-refractivity contribution in [1.82, 2.24) is 14.8 Å². The van der Waals surface area contributed by atoms with Gasteiger partial charge in [0.2, 0.25) is 0 Å². The van der Waals surface area contributed by atoms with Crippen LogP contribution in [0.1, 0.15) is 23.7 Å². The summed E-state index contributed by atoms with van der Waals surface area (Å²) in [4.78, 5) is 7.92. The van der Waals surface area contributed by atoms with E-state index in [1.807, 2.05) is 14.1 Å². The molecule has 0 amide bonds. The largest absolute Gasteiger partial charge is 0.416 e. The van der Waals surface area contributed by atoms with Crippen molar-refractivity contribution in [2.24, 2.45) is 0 Å². The maximum absolute atomic E-state index is 13.0. The second-order valence-corrected chi connectivity index (χ2v) is 5.61. The second kappa shape index (κ2) is 6.29. The van der Waals surface area contributed by atoms with Crippen LogP contribution in [0.2, 0.25) is 0 Å². The Kier molecular flexibility index (Phi) is 4.85. The van der Waals surface area contributed by atoms with Gasteiger partial charge in [-0.2, -0.15) is 13.2 Å². The van der Waals surface area contributed by atoms with Crippen LogP contribution in [-0.4, -0.2) is 59.7 Å². The van der Waals surface area contributed by atoms with Crippen molar-refractivity contribution in [2.45, 2.75) is 24.7 Å². The van der Waals surface area contributed by atoms with Crippen molar-refractivity contribution in [1.29, 1.82) is 0 Å². The highest BCUT2D eigenvalue weighted by molar-refractivity contribution is 5.28. The molecule has 0 spiro atoms. The third-order valence-electron chi connectivity index (χ3n) is 3.99. The summed E-state index contributed by atoms with van der Waals surface area (Å²) in [6, 6.07) is 0.940. The normalized spacial score (nSPS) is 23.2. The minimum absolute atomic E-state index is 0.0278. The fourth-order valence-corrected chi connectivity index (χ4v) is 2.67. The van der Waals surface area contributed by atoms with E-state index in [4.69, 9.17) is 0 Å². The van der Waals surface area contributed by atoms with Crippen molar-refractivity contribution >= 4 is 0 Å². The number of hydrogen-bond donors (Lipinski definition) is 1. The third kappa shape index (κ3) is 3.93. The number of likely N-dealkylation sites (N-methyl/N-ethyl adjacent to an activating group) is 2. The molecular formula is C14H20F3N3O. The SMILES string of the molecule is CN1CCN(C)C(CC(O)c2cnccc2C(F)(F)F)C1. The van der Waals surface area contributed by atoms with Crippen molar-refractivity contribution in [3.63, 3.8) is 0 Å². The van der Waals surface area contributed by atoms with E-state index in [1.54, 1.807) is 0 Å². The van der Waals surface area contributed by atoms with Gasteiger partial charge in [0.15, 0.2) is 0 Å². The predicted octanol–water partition coefficient (Wildman–Crippen LogP) is 1.77. The Balaban J connectivity index is 2.15. The molecule has 1 N–H and O–H groups in total. The number of piperazine rings is 1. The first-order valence-electron chi connectivity index (χ1n) is 6.87. The van der Waals surface area contributed by atoms with Gasteiger partial charge in [0.1, 0.15) is 0 Å². The topological polar surface area (TPSA) is 39.6 Å². The molecule has 0 saturated carbocycles. The highest BCUT2D eigenvalue weighted by Gasteiger charge is 2.36. The molecule has 21 heavy (non-hydrogen) atoms. The van der Waals surface area contributed by atoms with Crippen LogP contribution in [0.15, 0.2) is 18.5 Å². The highest BCUT2D eigenvalue weighted by atomic mass is 19.4. The maximum atomic E-state index is 13.0. The van der Waals surface area contributed by atoms with Crippen molar-refractivity contribution in [3.05, 3.63) is 29.6 Å².